The summed E-state index contributed by atoms with van der Waals surface area (Å²) in [4.78, 5) is 16.8. The van der Waals surface area contributed by atoms with Gasteiger partial charge in [0.25, 0.3) is 5.95 Å². The molecular weight excluding hydrogens is 379 g/mol. The van der Waals surface area contributed by atoms with Crippen LogP contribution in [0.3, 0.4) is 0 Å². The Morgan fingerprint density at radius 2 is 2.14 bits per heavy atom. The minimum absolute atomic E-state index is 0.159. The molecule has 10 nitrogen and oxygen atoms in total. The third-order valence-corrected chi connectivity index (χ3v) is 5.17. The lowest BCUT2D eigenvalue weighted by Crippen LogP contribution is -2.24. The van der Waals surface area contributed by atoms with Crippen molar-refractivity contribution in [3.8, 4) is 11.3 Å². The van der Waals surface area contributed by atoms with Gasteiger partial charge in [-0.15, -0.1) is 5.10 Å². The molecule has 0 spiro atoms. The van der Waals surface area contributed by atoms with E-state index in [1.54, 1.807) is 23.9 Å². The molecule has 0 radical (unpaired) electrons. The maximum atomic E-state index is 14.8. The molecular formula is C18H19FN8O2. The summed E-state index contributed by atoms with van der Waals surface area (Å²) in [5.41, 5.74) is 2.36. The van der Waals surface area contributed by atoms with Gasteiger partial charge >= 0.3 is 6.09 Å². The van der Waals surface area contributed by atoms with Gasteiger partial charge in [-0.25, -0.2) is 13.9 Å². The average molecular weight is 398 g/mol. The molecule has 0 unspecified atom stereocenters. The van der Waals surface area contributed by atoms with Gasteiger partial charge in [-0.1, -0.05) is 12.0 Å². The van der Waals surface area contributed by atoms with Crippen molar-refractivity contribution in [2.75, 3.05) is 16.3 Å². The zero-order valence-electron chi connectivity index (χ0n) is 16.0. The number of fused-ring (bicyclic) bond motifs is 1. The van der Waals surface area contributed by atoms with Crippen LogP contribution in [0.1, 0.15) is 19.0 Å². The molecule has 2 aliphatic heterocycles. The highest BCUT2D eigenvalue weighted by molar-refractivity contribution is 5.90. The number of nitrogens with zero attached hydrogens (tertiary/aromatic N) is 8. The van der Waals surface area contributed by atoms with Crippen LogP contribution < -0.4 is 9.80 Å². The number of benzene rings is 1. The van der Waals surface area contributed by atoms with Crippen molar-refractivity contribution in [2.45, 2.75) is 32.7 Å². The summed E-state index contributed by atoms with van der Waals surface area (Å²) < 4.78 is 21.9. The van der Waals surface area contributed by atoms with Gasteiger partial charge in [-0.05, 0) is 35.9 Å². The molecule has 29 heavy (non-hydrogen) atoms. The minimum atomic E-state index is -0.442. The third kappa shape index (κ3) is 2.98. The Labute approximate surface area is 165 Å². The van der Waals surface area contributed by atoms with Crippen molar-refractivity contribution in [2.24, 2.45) is 7.05 Å². The highest BCUT2D eigenvalue weighted by Gasteiger charge is 2.32. The maximum Gasteiger partial charge on any atom is 0.414 e. The molecule has 2 aliphatic rings. The number of anilines is 2. The van der Waals surface area contributed by atoms with Gasteiger partial charge in [0.1, 0.15) is 18.6 Å². The first kappa shape index (κ1) is 17.6. The molecule has 1 atom stereocenters. The van der Waals surface area contributed by atoms with Crippen LogP contribution in [0.2, 0.25) is 0 Å². The van der Waals surface area contributed by atoms with E-state index in [1.165, 1.54) is 15.8 Å². The second-order valence-electron chi connectivity index (χ2n) is 7.13. The van der Waals surface area contributed by atoms with Crippen molar-refractivity contribution in [3.63, 3.8) is 0 Å². The first-order valence-corrected chi connectivity index (χ1v) is 9.35. The average Bonchev–Trinajstić information content (AvgIpc) is 3.44. The van der Waals surface area contributed by atoms with E-state index in [-0.39, 0.29) is 6.10 Å². The summed E-state index contributed by atoms with van der Waals surface area (Å²) in [5, 5.41) is 16.6. The number of carbonyl (C=O) groups excluding carboxylic acids is 1. The highest BCUT2D eigenvalue weighted by atomic mass is 19.1. The monoisotopic (exact) mass is 398 g/mol. The van der Waals surface area contributed by atoms with Gasteiger partial charge in [-0.3, -0.25) is 4.90 Å². The zero-order chi connectivity index (χ0) is 20.1. The first-order chi connectivity index (χ1) is 14.0. The number of hydrogen-bond donors (Lipinski definition) is 0. The Hall–Kier alpha value is -3.50. The second kappa shape index (κ2) is 6.54. The number of carbonyl (C=O) groups is 1. The molecule has 1 amide bonds. The van der Waals surface area contributed by atoms with Crippen LogP contribution in [0, 0.1) is 5.82 Å². The largest absolute Gasteiger partial charge is 0.444 e. The number of rotatable bonds is 4. The zero-order valence-corrected chi connectivity index (χ0v) is 16.0. The van der Waals surface area contributed by atoms with E-state index in [2.05, 4.69) is 20.5 Å². The van der Waals surface area contributed by atoms with Gasteiger partial charge in [0, 0.05) is 5.56 Å². The third-order valence-electron chi connectivity index (χ3n) is 5.17. The number of cyclic esters (lactones) is 1. The summed E-state index contributed by atoms with van der Waals surface area (Å²) in [7, 11) is 1.71. The Morgan fingerprint density at radius 3 is 2.79 bits per heavy atom. The van der Waals surface area contributed by atoms with Gasteiger partial charge < -0.3 is 9.64 Å². The number of halogens is 1. The van der Waals surface area contributed by atoms with E-state index >= 15 is 0 Å². The van der Waals surface area contributed by atoms with Crippen molar-refractivity contribution in [1.82, 2.24) is 30.0 Å². The molecule has 150 valence electrons. The fourth-order valence-corrected chi connectivity index (χ4v) is 3.60. The van der Waals surface area contributed by atoms with Crippen LogP contribution in [0.15, 0.2) is 24.3 Å². The summed E-state index contributed by atoms with van der Waals surface area (Å²) in [6.45, 7) is 3.42. The molecule has 1 fully saturated rings. The Bertz CT molecular complexity index is 1070. The summed E-state index contributed by atoms with van der Waals surface area (Å²) >= 11 is 0. The molecule has 0 saturated carbocycles. The highest BCUT2D eigenvalue weighted by Crippen LogP contribution is 2.31. The second-order valence-corrected chi connectivity index (χ2v) is 7.13. The Balaban J connectivity index is 1.36. The van der Waals surface area contributed by atoms with E-state index in [9.17, 15) is 9.18 Å². The van der Waals surface area contributed by atoms with Crippen LogP contribution in [-0.2, 0) is 25.0 Å². The number of hydrogen-bond acceptors (Lipinski definition) is 7. The van der Waals surface area contributed by atoms with Crippen molar-refractivity contribution >= 4 is 17.7 Å². The van der Waals surface area contributed by atoms with Crippen molar-refractivity contribution < 1.29 is 13.9 Å². The predicted molar refractivity (Wildman–Crippen MR) is 101 cm³/mol. The quantitative estimate of drug-likeness (QED) is 0.663. The molecule has 2 aromatic heterocycles. The minimum Gasteiger partial charge on any atom is -0.444 e. The van der Waals surface area contributed by atoms with Crippen LogP contribution in [0.5, 0.6) is 0 Å². The van der Waals surface area contributed by atoms with Crippen molar-refractivity contribution in [3.05, 3.63) is 35.8 Å². The van der Waals surface area contributed by atoms with Crippen LogP contribution in [0.4, 0.5) is 20.8 Å². The number of amides is 1. The smallest absolute Gasteiger partial charge is 0.414 e. The molecule has 0 bridgehead atoms. The fraction of sp³-hybridized carbons (Fsp3) is 0.389. The van der Waals surface area contributed by atoms with E-state index in [4.69, 9.17) is 4.74 Å². The molecule has 3 aromatic rings. The van der Waals surface area contributed by atoms with Gasteiger partial charge in [-0.2, -0.15) is 9.90 Å². The molecule has 11 heteroatoms. The van der Waals surface area contributed by atoms with E-state index in [0.717, 1.165) is 12.1 Å². The summed E-state index contributed by atoms with van der Waals surface area (Å²) in [6.07, 6.45) is 0.125. The van der Waals surface area contributed by atoms with Gasteiger partial charge in [0.2, 0.25) is 0 Å². The van der Waals surface area contributed by atoms with Crippen LogP contribution >= 0.6 is 0 Å². The standard InChI is InChI=1S/C18H19FN8O2/c1-3-13-9-26(18(28)29-13)11-4-5-14(15(19)6-11)16-7-12-8-25(10-27(12)21-16)17-20-23-24(2)22-17/h4-7,13H,3,8-10H2,1-2H3/t13-/m0/s1. The fourth-order valence-electron chi connectivity index (χ4n) is 3.60. The lowest BCUT2D eigenvalue weighted by molar-refractivity contribution is 0.139. The molecule has 0 aliphatic carbocycles. The van der Waals surface area contributed by atoms with E-state index in [0.29, 0.717) is 42.7 Å². The van der Waals surface area contributed by atoms with Crippen molar-refractivity contribution in [1.29, 1.82) is 0 Å². The Morgan fingerprint density at radius 1 is 1.28 bits per heavy atom. The molecule has 1 saturated heterocycles. The summed E-state index contributed by atoms with van der Waals surface area (Å²) in [5.74, 6) is 0.0948. The van der Waals surface area contributed by atoms with Gasteiger partial charge in [0.05, 0.1) is 37.2 Å². The molecule has 4 heterocycles. The van der Waals surface area contributed by atoms with E-state index < -0.39 is 11.9 Å². The normalized spacial score (nSPS) is 18.4. The lowest BCUT2D eigenvalue weighted by atomic mass is 10.1. The Kier molecular flexibility index (Phi) is 3.96. The molecule has 5 rings (SSSR count). The first-order valence-electron chi connectivity index (χ1n) is 9.35. The topological polar surface area (TPSA) is 94.2 Å². The summed E-state index contributed by atoms with van der Waals surface area (Å²) in [6, 6.07) is 6.58. The predicted octanol–water partition coefficient (Wildman–Crippen LogP) is 1.93. The maximum absolute atomic E-state index is 14.8. The SMILES string of the molecule is CC[C@H]1CN(c2ccc(-c3cc4n(n3)CN(c3nnn(C)n3)C4)c(F)c2)C(=O)O1. The number of tetrazole rings is 1. The number of aromatic nitrogens is 6. The number of aryl methyl sites for hydroxylation is 1. The van der Waals surface area contributed by atoms with Crippen LogP contribution in [0.25, 0.3) is 11.3 Å². The number of ether oxygens (including phenoxy) is 1. The molecule has 0 N–H and O–H groups in total. The van der Waals surface area contributed by atoms with Gasteiger partial charge in [0.15, 0.2) is 0 Å². The van der Waals surface area contributed by atoms with Crippen LogP contribution in [-0.4, -0.2) is 48.7 Å². The lowest BCUT2D eigenvalue weighted by Gasteiger charge is -2.14. The van der Waals surface area contributed by atoms with E-state index in [1.807, 2.05) is 17.9 Å². The molecule has 1 aromatic carbocycles.